The van der Waals surface area contributed by atoms with Crippen molar-refractivity contribution in [1.82, 2.24) is 10.2 Å². The van der Waals surface area contributed by atoms with Gasteiger partial charge in [0.15, 0.2) is 0 Å². The first-order valence-corrected chi connectivity index (χ1v) is 6.08. The molecule has 0 aliphatic rings. The van der Waals surface area contributed by atoms with Gasteiger partial charge in [0.05, 0.1) is 13.2 Å². The van der Waals surface area contributed by atoms with E-state index in [1.54, 1.807) is 14.2 Å². The third-order valence-electron chi connectivity index (χ3n) is 2.97. The van der Waals surface area contributed by atoms with E-state index < -0.39 is 0 Å². The summed E-state index contributed by atoms with van der Waals surface area (Å²) in [5.74, 6) is 0. The lowest BCUT2D eigenvalue weighted by atomic mass is 10.2. The summed E-state index contributed by atoms with van der Waals surface area (Å²) < 4.78 is 10.4. The van der Waals surface area contributed by atoms with Gasteiger partial charge < -0.3 is 14.8 Å². The number of hydrogen-bond donors (Lipinski definition) is 1. The Morgan fingerprint density at radius 1 is 1.25 bits per heavy atom. The Labute approximate surface area is 100 Å². The van der Waals surface area contributed by atoms with Crippen molar-refractivity contribution in [2.45, 2.75) is 32.4 Å². The van der Waals surface area contributed by atoms with Crippen molar-refractivity contribution < 1.29 is 9.47 Å². The molecule has 0 amide bonds. The van der Waals surface area contributed by atoms with Gasteiger partial charge in [-0.05, 0) is 20.4 Å². The highest BCUT2D eigenvalue weighted by atomic mass is 16.5. The fraction of sp³-hybridized carbons (Fsp3) is 1.00. The van der Waals surface area contributed by atoms with Gasteiger partial charge >= 0.3 is 0 Å². The summed E-state index contributed by atoms with van der Waals surface area (Å²) in [5, 5.41) is 3.33. The monoisotopic (exact) mass is 232 g/mol. The predicted molar refractivity (Wildman–Crippen MR) is 67.9 cm³/mol. The molecule has 4 nitrogen and oxygen atoms in total. The number of ether oxygens (including phenoxy) is 2. The Morgan fingerprint density at radius 3 is 2.38 bits per heavy atom. The molecule has 0 heterocycles. The molecule has 0 aromatic rings. The molecule has 16 heavy (non-hydrogen) atoms. The Hall–Kier alpha value is -0.160. The Morgan fingerprint density at radius 2 is 1.94 bits per heavy atom. The number of likely N-dealkylation sites (N-methyl/N-ethyl adjacent to an activating group) is 1. The third-order valence-corrected chi connectivity index (χ3v) is 2.97. The maximum absolute atomic E-state index is 5.21. The summed E-state index contributed by atoms with van der Waals surface area (Å²) in [6, 6.07) is 0.971. The summed E-state index contributed by atoms with van der Waals surface area (Å²) >= 11 is 0. The maximum Gasteiger partial charge on any atom is 0.0615 e. The highest BCUT2D eigenvalue weighted by Gasteiger charge is 2.16. The van der Waals surface area contributed by atoms with Crippen molar-refractivity contribution in [3.63, 3.8) is 0 Å². The van der Waals surface area contributed by atoms with E-state index in [1.807, 2.05) is 7.05 Å². The molecule has 2 unspecified atom stereocenters. The quantitative estimate of drug-likeness (QED) is 0.608. The van der Waals surface area contributed by atoms with Crippen molar-refractivity contribution >= 4 is 0 Å². The number of nitrogens with zero attached hydrogens (tertiary/aromatic N) is 1. The molecule has 98 valence electrons. The van der Waals surface area contributed by atoms with E-state index in [9.17, 15) is 0 Å². The zero-order valence-corrected chi connectivity index (χ0v) is 11.5. The maximum atomic E-state index is 5.21. The van der Waals surface area contributed by atoms with E-state index >= 15 is 0 Å². The molecule has 0 bridgehead atoms. The standard InChI is InChI=1S/C12H28N2O2/c1-6-12(13-3)9-14(7-8-15-4)11(2)10-16-5/h11-13H,6-10H2,1-5H3. The van der Waals surface area contributed by atoms with Gasteiger partial charge in [-0.1, -0.05) is 6.92 Å². The van der Waals surface area contributed by atoms with Crippen LogP contribution >= 0.6 is 0 Å². The molecule has 0 rings (SSSR count). The molecule has 0 saturated carbocycles. The molecule has 0 aromatic heterocycles. The average Bonchev–Trinajstić information content (AvgIpc) is 2.30. The fourth-order valence-corrected chi connectivity index (χ4v) is 1.75. The Bertz CT molecular complexity index is 152. The van der Waals surface area contributed by atoms with Gasteiger partial charge in [0.2, 0.25) is 0 Å². The smallest absolute Gasteiger partial charge is 0.0615 e. The van der Waals surface area contributed by atoms with E-state index in [0.717, 1.165) is 32.7 Å². The number of nitrogens with one attached hydrogen (secondary N) is 1. The summed E-state index contributed by atoms with van der Waals surface area (Å²) in [7, 11) is 5.51. The van der Waals surface area contributed by atoms with Crippen LogP contribution in [0.1, 0.15) is 20.3 Å². The molecule has 0 aliphatic carbocycles. The van der Waals surface area contributed by atoms with Gasteiger partial charge in [-0.15, -0.1) is 0 Å². The second kappa shape index (κ2) is 10.0. The number of rotatable bonds is 10. The third kappa shape index (κ3) is 6.43. The first-order valence-electron chi connectivity index (χ1n) is 6.08. The van der Waals surface area contributed by atoms with Crippen molar-refractivity contribution in [2.24, 2.45) is 0 Å². The molecule has 0 fully saturated rings. The van der Waals surface area contributed by atoms with Crippen molar-refractivity contribution in [1.29, 1.82) is 0 Å². The minimum absolute atomic E-state index is 0.433. The molecular weight excluding hydrogens is 204 g/mol. The first kappa shape index (κ1) is 15.8. The van der Waals surface area contributed by atoms with Gasteiger partial charge in [-0.25, -0.2) is 0 Å². The lowest BCUT2D eigenvalue weighted by Crippen LogP contribution is -2.46. The van der Waals surface area contributed by atoms with Crippen molar-refractivity contribution in [2.75, 3.05) is 47.6 Å². The minimum atomic E-state index is 0.433. The zero-order valence-electron chi connectivity index (χ0n) is 11.5. The topological polar surface area (TPSA) is 33.7 Å². The van der Waals surface area contributed by atoms with Gasteiger partial charge in [0, 0.05) is 39.4 Å². The fourth-order valence-electron chi connectivity index (χ4n) is 1.75. The summed E-state index contributed by atoms with van der Waals surface area (Å²) in [5.41, 5.74) is 0. The van der Waals surface area contributed by atoms with Crippen molar-refractivity contribution in [3.05, 3.63) is 0 Å². The van der Waals surface area contributed by atoms with Gasteiger partial charge in [-0.2, -0.15) is 0 Å². The van der Waals surface area contributed by atoms with E-state index in [0.29, 0.717) is 12.1 Å². The minimum Gasteiger partial charge on any atom is -0.383 e. The summed E-state index contributed by atoms with van der Waals surface area (Å²) in [6.45, 7) is 7.94. The highest BCUT2D eigenvalue weighted by molar-refractivity contribution is 4.73. The lowest BCUT2D eigenvalue weighted by molar-refractivity contribution is 0.0690. The van der Waals surface area contributed by atoms with Gasteiger partial charge in [0.25, 0.3) is 0 Å². The van der Waals surface area contributed by atoms with E-state index in [4.69, 9.17) is 9.47 Å². The van der Waals surface area contributed by atoms with E-state index in [-0.39, 0.29) is 0 Å². The molecule has 2 atom stereocenters. The van der Waals surface area contributed by atoms with Crippen LogP contribution in [0.4, 0.5) is 0 Å². The van der Waals surface area contributed by atoms with E-state index in [2.05, 4.69) is 24.1 Å². The second-order valence-electron chi connectivity index (χ2n) is 4.19. The Balaban J connectivity index is 4.16. The Kier molecular flexibility index (Phi) is 9.92. The normalized spacial score (nSPS) is 15.4. The molecule has 0 aromatic carbocycles. The van der Waals surface area contributed by atoms with Crippen LogP contribution in [0.25, 0.3) is 0 Å². The van der Waals surface area contributed by atoms with E-state index in [1.165, 1.54) is 0 Å². The molecule has 0 spiro atoms. The summed E-state index contributed by atoms with van der Waals surface area (Å²) in [6.07, 6.45) is 1.14. The van der Waals surface area contributed by atoms with Crippen LogP contribution in [0.5, 0.6) is 0 Å². The molecular formula is C12H28N2O2. The molecule has 4 heteroatoms. The summed E-state index contributed by atoms with van der Waals surface area (Å²) in [4.78, 5) is 2.41. The van der Waals surface area contributed by atoms with Crippen LogP contribution in [0.3, 0.4) is 0 Å². The van der Waals surface area contributed by atoms with Gasteiger partial charge in [0.1, 0.15) is 0 Å². The van der Waals surface area contributed by atoms with Gasteiger partial charge in [-0.3, -0.25) is 4.90 Å². The largest absolute Gasteiger partial charge is 0.383 e. The van der Waals surface area contributed by atoms with Crippen LogP contribution < -0.4 is 5.32 Å². The molecule has 0 saturated heterocycles. The average molecular weight is 232 g/mol. The van der Waals surface area contributed by atoms with Crippen LogP contribution in [0.2, 0.25) is 0 Å². The highest BCUT2D eigenvalue weighted by Crippen LogP contribution is 2.03. The first-order chi connectivity index (χ1) is 7.69. The number of hydrogen-bond acceptors (Lipinski definition) is 4. The van der Waals surface area contributed by atoms with Crippen LogP contribution in [-0.2, 0) is 9.47 Å². The lowest BCUT2D eigenvalue weighted by Gasteiger charge is -2.31. The van der Waals surface area contributed by atoms with Crippen molar-refractivity contribution in [3.8, 4) is 0 Å². The van der Waals surface area contributed by atoms with Crippen LogP contribution in [0.15, 0.2) is 0 Å². The zero-order chi connectivity index (χ0) is 12.4. The predicted octanol–water partition coefficient (Wildman–Crippen LogP) is 0.968. The second-order valence-corrected chi connectivity index (χ2v) is 4.19. The SMILES string of the molecule is CCC(CN(CCOC)C(C)COC)NC. The molecule has 0 radical (unpaired) electrons. The molecule has 0 aliphatic heterocycles. The van der Waals surface area contributed by atoms with Crippen LogP contribution in [-0.4, -0.2) is 64.6 Å². The number of methoxy groups -OCH3 is 2. The molecule has 1 N–H and O–H groups in total. The van der Waals surface area contributed by atoms with Crippen LogP contribution in [0, 0.1) is 0 Å².